The van der Waals surface area contributed by atoms with E-state index in [-0.39, 0.29) is 11.4 Å². The van der Waals surface area contributed by atoms with Gasteiger partial charge in [0.25, 0.3) is 0 Å². The number of nitrogens with one attached hydrogen (secondary N) is 2. The lowest BCUT2D eigenvalue weighted by Crippen LogP contribution is -2.30. The number of nitrogens with zero attached hydrogens (tertiary/aromatic N) is 2. The van der Waals surface area contributed by atoms with E-state index in [0.29, 0.717) is 13.1 Å². The van der Waals surface area contributed by atoms with Crippen LogP contribution in [0.5, 0.6) is 0 Å². The number of unbranched alkanes of at least 4 members (excludes halogenated alkanes) is 1. The molecule has 7 heteroatoms. The monoisotopic (exact) mass is 254 g/mol. The third-order valence-corrected chi connectivity index (χ3v) is 2.36. The SMILES string of the molecule is CCCCNC(=O)Nc1nn(CC)cc1C(=O)O. The summed E-state index contributed by atoms with van der Waals surface area (Å²) in [5, 5.41) is 18.0. The van der Waals surface area contributed by atoms with Crippen LogP contribution in [0.4, 0.5) is 10.6 Å². The van der Waals surface area contributed by atoms with Gasteiger partial charge in [0.2, 0.25) is 0 Å². The number of aryl methyl sites for hydroxylation is 1. The molecule has 0 aliphatic carbocycles. The highest BCUT2D eigenvalue weighted by Gasteiger charge is 2.16. The van der Waals surface area contributed by atoms with Crippen LogP contribution in [0.15, 0.2) is 6.20 Å². The van der Waals surface area contributed by atoms with E-state index >= 15 is 0 Å². The molecule has 0 aliphatic rings. The second-order valence-electron chi connectivity index (χ2n) is 3.79. The predicted octanol–water partition coefficient (Wildman–Crippen LogP) is 1.52. The molecule has 18 heavy (non-hydrogen) atoms. The van der Waals surface area contributed by atoms with Crippen molar-refractivity contribution in [3.05, 3.63) is 11.8 Å². The van der Waals surface area contributed by atoms with Crippen LogP contribution in [-0.4, -0.2) is 33.4 Å². The number of amides is 2. The third-order valence-electron chi connectivity index (χ3n) is 2.36. The summed E-state index contributed by atoms with van der Waals surface area (Å²) in [5.41, 5.74) is -0.0116. The highest BCUT2D eigenvalue weighted by atomic mass is 16.4. The maximum absolute atomic E-state index is 11.5. The number of aromatic carboxylic acids is 1. The van der Waals surface area contributed by atoms with Gasteiger partial charge in [0.15, 0.2) is 5.82 Å². The van der Waals surface area contributed by atoms with Crippen molar-refractivity contribution in [1.82, 2.24) is 15.1 Å². The Bertz CT molecular complexity index is 428. The van der Waals surface area contributed by atoms with E-state index in [1.807, 2.05) is 13.8 Å². The minimum atomic E-state index is -1.11. The molecule has 0 saturated heterocycles. The van der Waals surface area contributed by atoms with Crippen molar-refractivity contribution in [3.8, 4) is 0 Å². The quantitative estimate of drug-likeness (QED) is 0.670. The zero-order valence-electron chi connectivity index (χ0n) is 10.6. The molecule has 7 nitrogen and oxygen atoms in total. The van der Waals surface area contributed by atoms with Crippen LogP contribution in [0.3, 0.4) is 0 Å². The Morgan fingerprint density at radius 1 is 1.44 bits per heavy atom. The molecule has 1 rings (SSSR count). The van der Waals surface area contributed by atoms with E-state index in [9.17, 15) is 9.59 Å². The normalized spacial score (nSPS) is 10.1. The van der Waals surface area contributed by atoms with Crippen LogP contribution in [0.2, 0.25) is 0 Å². The number of carboxylic acid groups (broad SMARTS) is 1. The predicted molar refractivity (Wildman–Crippen MR) is 66.8 cm³/mol. The first-order valence-electron chi connectivity index (χ1n) is 5.94. The number of hydrogen-bond acceptors (Lipinski definition) is 3. The summed E-state index contributed by atoms with van der Waals surface area (Å²) in [4.78, 5) is 22.5. The Morgan fingerprint density at radius 2 is 2.17 bits per heavy atom. The molecular weight excluding hydrogens is 236 g/mol. The molecule has 1 aromatic rings. The van der Waals surface area contributed by atoms with Crippen molar-refractivity contribution in [3.63, 3.8) is 0 Å². The van der Waals surface area contributed by atoms with Crippen molar-refractivity contribution >= 4 is 17.8 Å². The van der Waals surface area contributed by atoms with Crippen LogP contribution in [0, 0.1) is 0 Å². The summed E-state index contributed by atoms with van der Waals surface area (Å²) >= 11 is 0. The summed E-state index contributed by atoms with van der Waals surface area (Å²) in [6.07, 6.45) is 3.25. The van der Waals surface area contributed by atoms with Gasteiger partial charge in [-0.1, -0.05) is 13.3 Å². The Kier molecular flexibility index (Phi) is 5.16. The second-order valence-corrected chi connectivity index (χ2v) is 3.79. The van der Waals surface area contributed by atoms with Crippen molar-refractivity contribution in [2.24, 2.45) is 0 Å². The van der Waals surface area contributed by atoms with E-state index in [4.69, 9.17) is 5.11 Å². The average Bonchev–Trinajstić information content (AvgIpc) is 2.72. The van der Waals surface area contributed by atoms with Gasteiger partial charge in [-0.05, 0) is 13.3 Å². The molecular formula is C11H18N4O3. The van der Waals surface area contributed by atoms with E-state index in [0.717, 1.165) is 12.8 Å². The molecule has 0 fully saturated rings. The number of carboxylic acids is 1. The van der Waals surface area contributed by atoms with E-state index in [1.54, 1.807) is 0 Å². The van der Waals surface area contributed by atoms with Crippen molar-refractivity contribution in [2.45, 2.75) is 33.2 Å². The maximum Gasteiger partial charge on any atom is 0.341 e. The molecule has 0 aliphatic heterocycles. The van der Waals surface area contributed by atoms with Gasteiger partial charge in [0, 0.05) is 19.3 Å². The average molecular weight is 254 g/mol. The fourth-order valence-corrected chi connectivity index (χ4v) is 1.36. The molecule has 2 amide bonds. The van der Waals surface area contributed by atoms with Crippen LogP contribution < -0.4 is 10.6 Å². The van der Waals surface area contributed by atoms with Crippen molar-refractivity contribution in [1.29, 1.82) is 0 Å². The lowest BCUT2D eigenvalue weighted by atomic mass is 10.3. The standard InChI is InChI=1S/C11H18N4O3/c1-3-5-6-12-11(18)13-9-8(10(16)17)7-15(4-2)14-9/h7H,3-6H2,1-2H3,(H,16,17)(H2,12,13,14,18). The third kappa shape index (κ3) is 3.76. The van der Waals surface area contributed by atoms with Gasteiger partial charge in [-0.25, -0.2) is 9.59 Å². The smallest absolute Gasteiger partial charge is 0.341 e. The number of anilines is 1. The van der Waals surface area contributed by atoms with Crippen molar-refractivity contribution < 1.29 is 14.7 Å². The first-order chi connectivity index (χ1) is 8.58. The van der Waals surface area contributed by atoms with Crippen LogP contribution >= 0.6 is 0 Å². The van der Waals surface area contributed by atoms with Gasteiger partial charge < -0.3 is 10.4 Å². The summed E-state index contributed by atoms with van der Waals surface area (Å²) in [6, 6.07) is -0.438. The molecule has 1 heterocycles. The topological polar surface area (TPSA) is 96.3 Å². The molecule has 0 unspecified atom stereocenters. The highest BCUT2D eigenvalue weighted by Crippen LogP contribution is 2.12. The van der Waals surface area contributed by atoms with Crippen molar-refractivity contribution in [2.75, 3.05) is 11.9 Å². The highest BCUT2D eigenvalue weighted by molar-refractivity contribution is 5.98. The summed E-state index contributed by atoms with van der Waals surface area (Å²) in [5.74, 6) is -1.04. The van der Waals surface area contributed by atoms with Gasteiger partial charge in [0.1, 0.15) is 5.56 Å². The molecule has 0 saturated carbocycles. The fraction of sp³-hybridized carbons (Fsp3) is 0.545. The molecule has 3 N–H and O–H groups in total. The Hall–Kier alpha value is -2.05. The van der Waals surface area contributed by atoms with Gasteiger partial charge in [-0.2, -0.15) is 5.10 Å². The maximum atomic E-state index is 11.5. The second kappa shape index (κ2) is 6.63. The summed E-state index contributed by atoms with van der Waals surface area (Å²) in [7, 11) is 0. The minimum Gasteiger partial charge on any atom is -0.477 e. The van der Waals surface area contributed by atoms with Crippen LogP contribution in [0.1, 0.15) is 37.0 Å². The number of rotatable bonds is 6. The lowest BCUT2D eigenvalue weighted by molar-refractivity contribution is 0.0698. The first-order valence-corrected chi connectivity index (χ1v) is 5.94. The zero-order valence-corrected chi connectivity index (χ0v) is 10.6. The zero-order chi connectivity index (χ0) is 13.5. The molecule has 100 valence electrons. The Balaban J connectivity index is 2.67. The number of urea groups is 1. The Morgan fingerprint density at radius 3 is 2.72 bits per heavy atom. The Labute approximate surface area is 105 Å². The molecule has 0 radical (unpaired) electrons. The molecule has 0 bridgehead atoms. The number of hydrogen-bond donors (Lipinski definition) is 3. The van der Waals surface area contributed by atoms with Gasteiger partial charge in [-0.15, -0.1) is 0 Å². The van der Waals surface area contributed by atoms with E-state index in [2.05, 4.69) is 15.7 Å². The molecule has 1 aromatic heterocycles. The first kappa shape index (κ1) is 14.0. The fourth-order valence-electron chi connectivity index (χ4n) is 1.36. The van der Waals surface area contributed by atoms with Crippen LogP contribution in [-0.2, 0) is 6.54 Å². The lowest BCUT2D eigenvalue weighted by Gasteiger charge is -2.05. The largest absolute Gasteiger partial charge is 0.477 e. The number of carbonyl (C=O) groups excluding carboxylic acids is 1. The van der Waals surface area contributed by atoms with E-state index in [1.165, 1.54) is 10.9 Å². The minimum absolute atomic E-state index is 0.0116. The molecule has 0 atom stereocenters. The molecule has 0 spiro atoms. The van der Waals surface area contributed by atoms with Gasteiger partial charge in [-0.3, -0.25) is 10.00 Å². The summed E-state index contributed by atoms with van der Waals surface area (Å²) < 4.78 is 1.46. The number of aromatic nitrogens is 2. The van der Waals surface area contributed by atoms with Gasteiger partial charge in [0.05, 0.1) is 0 Å². The number of carbonyl (C=O) groups is 2. The summed E-state index contributed by atoms with van der Waals surface area (Å²) in [6.45, 7) is 4.95. The van der Waals surface area contributed by atoms with Gasteiger partial charge >= 0.3 is 12.0 Å². The van der Waals surface area contributed by atoms with E-state index < -0.39 is 12.0 Å². The van der Waals surface area contributed by atoms with Crippen LogP contribution in [0.25, 0.3) is 0 Å². The molecule has 0 aromatic carbocycles.